The highest BCUT2D eigenvalue weighted by atomic mass is 19.4. The Morgan fingerprint density at radius 2 is 1.44 bits per heavy atom. The van der Waals surface area contributed by atoms with Crippen molar-refractivity contribution in [3.63, 3.8) is 0 Å². The molecule has 0 heterocycles. The van der Waals surface area contributed by atoms with Crippen molar-refractivity contribution in [3.05, 3.63) is 0 Å². The van der Waals surface area contributed by atoms with Crippen LogP contribution in [0.15, 0.2) is 0 Å². The van der Waals surface area contributed by atoms with Gasteiger partial charge in [0.2, 0.25) is 0 Å². The highest BCUT2D eigenvalue weighted by Gasteiger charge is 2.80. The molecule has 0 bridgehead atoms. The Labute approximate surface area is 86.9 Å². The summed E-state index contributed by atoms with van der Waals surface area (Å²) >= 11 is 0. The van der Waals surface area contributed by atoms with E-state index < -0.39 is 49.2 Å². The summed E-state index contributed by atoms with van der Waals surface area (Å²) in [5, 5.41) is 17.1. The average Bonchev–Trinajstić information content (AvgIpc) is 2.35. The van der Waals surface area contributed by atoms with Crippen LogP contribution in [0.5, 0.6) is 0 Å². The molecule has 8 heteroatoms. The van der Waals surface area contributed by atoms with Crippen LogP contribution in [-0.2, 0) is 0 Å². The summed E-state index contributed by atoms with van der Waals surface area (Å²) in [6.07, 6.45) is -6.69. The quantitative estimate of drug-likeness (QED) is 0.731. The maximum absolute atomic E-state index is 13.6. The van der Waals surface area contributed by atoms with Crippen LogP contribution in [0, 0.1) is 11.8 Å². The molecule has 0 aromatic heterocycles. The fraction of sp³-hybridized carbons (Fsp3) is 1.00. The number of rotatable bonds is 2. The zero-order valence-electron chi connectivity index (χ0n) is 7.94. The molecule has 1 aliphatic carbocycles. The summed E-state index contributed by atoms with van der Waals surface area (Å²) in [6, 6.07) is 0. The van der Waals surface area contributed by atoms with Crippen LogP contribution in [0.4, 0.5) is 26.3 Å². The SMILES string of the molecule is OC[C@@H]1C[C@H](CO)[C@@](F)(C(F)(F)F)C1(F)F. The fourth-order valence-electron chi connectivity index (χ4n) is 2.03. The minimum Gasteiger partial charge on any atom is -0.396 e. The summed E-state index contributed by atoms with van der Waals surface area (Å²) in [5.41, 5.74) is -4.78. The second kappa shape index (κ2) is 3.76. The number of aliphatic hydroxyl groups excluding tert-OH is 2. The van der Waals surface area contributed by atoms with Crippen LogP contribution < -0.4 is 0 Å². The van der Waals surface area contributed by atoms with Gasteiger partial charge >= 0.3 is 6.18 Å². The van der Waals surface area contributed by atoms with Crippen LogP contribution in [0.25, 0.3) is 0 Å². The van der Waals surface area contributed by atoms with Crippen LogP contribution >= 0.6 is 0 Å². The van der Waals surface area contributed by atoms with Crippen molar-refractivity contribution in [1.82, 2.24) is 0 Å². The predicted octanol–water partition coefficient (Wildman–Crippen LogP) is 1.51. The van der Waals surface area contributed by atoms with E-state index in [0.29, 0.717) is 0 Å². The molecule has 1 rings (SSSR count). The first-order valence-electron chi connectivity index (χ1n) is 4.48. The van der Waals surface area contributed by atoms with Gasteiger partial charge in [0.05, 0.1) is 12.5 Å². The summed E-state index contributed by atoms with van der Waals surface area (Å²) < 4.78 is 77.0. The van der Waals surface area contributed by atoms with Crippen molar-refractivity contribution < 1.29 is 36.6 Å². The van der Waals surface area contributed by atoms with Gasteiger partial charge < -0.3 is 10.2 Å². The zero-order chi connectivity index (χ0) is 12.8. The number of aliphatic hydroxyl groups is 2. The molecule has 0 unspecified atom stereocenters. The van der Waals surface area contributed by atoms with Crippen molar-refractivity contribution in [2.75, 3.05) is 13.2 Å². The van der Waals surface area contributed by atoms with E-state index in [1.165, 1.54) is 0 Å². The fourth-order valence-corrected chi connectivity index (χ4v) is 2.03. The molecule has 1 aliphatic rings. The molecular formula is C8H10F6O2. The smallest absolute Gasteiger partial charge is 0.396 e. The van der Waals surface area contributed by atoms with E-state index in [1.54, 1.807) is 0 Å². The monoisotopic (exact) mass is 252 g/mol. The molecule has 0 saturated heterocycles. The first-order valence-corrected chi connectivity index (χ1v) is 4.48. The molecule has 0 spiro atoms. The first kappa shape index (κ1) is 13.6. The van der Waals surface area contributed by atoms with Gasteiger partial charge in [0.15, 0.2) is 0 Å². The van der Waals surface area contributed by atoms with Crippen molar-refractivity contribution in [1.29, 1.82) is 0 Å². The molecule has 96 valence electrons. The third-order valence-corrected chi connectivity index (χ3v) is 2.98. The molecule has 1 saturated carbocycles. The third kappa shape index (κ3) is 1.50. The van der Waals surface area contributed by atoms with Gasteiger partial charge in [-0.15, -0.1) is 0 Å². The second-order valence-electron chi connectivity index (χ2n) is 3.83. The third-order valence-electron chi connectivity index (χ3n) is 2.98. The second-order valence-corrected chi connectivity index (χ2v) is 3.83. The van der Waals surface area contributed by atoms with E-state index >= 15 is 0 Å². The minimum atomic E-state index is -5.78. The van der Waals surface area contributed by atoms with Crippen molar-refractivity contribution >= 4 is 0 Å². The molecular weight excluding hydrogens is 242 g/mol. The lowest BCUT2D eigenvalue weighted by atomic mass is 9.90. The number of hydrogen-bond donors (Lipinski definition) is 2. The van der Waals surface area contributed by atoms with Crippen molar-refractivity contribution in [2.45, 2.75) is 24.2 Å². The number of alkyl halides is 6. The largest absolute Gasteiger partial charge is 0.428 e. The van der Waals surface area contributed by atoms with Gasteiger partial charge in [-0.05, 0) is 6.42 Å². The molecule has 3 atom stereocenters. The minimum absolute atomic E-state index is 0.907. The highest BCUT2D eigenvalue weighted by Crippen LogP contribution is 2.60. The molecule has 2 nitrogen and oxygen atoms in total. The Kier molecular flexibility index (Phi) is 3.19. The molecule has 16 heavy (non-hydrogen) atoms. The Hall–Kier alpha value is -0.500. The summed E-state index contributed by atoms with van der Waals surface area (Å²) in [7, 11) is 0. The zero-order valence-corrected chi connectivity index (χ0v) is 7.94. The first-order chi connectivity index (χ1) is 7.12. The van der Waals surface area contributed by atoms with Gasteiger partial charge in [-0.1, -0.05) is 0 Å². The lowest BCUT2D eigenvalue weighted by Crippen LogP contribution is -2.58. The molecule has 0 aromatic rings. The van der Waals surface area contributed by atoms with Gasteiger partial charge in [-0.25, -0.2) is 13.2 Å². The summed E-state index contributed by atoms with van der Waals surface area (Å²) in [5.74, 6) is -9.11. The molecule has 0 aliphatic heterocycles. The van der Waals surface area contributed by atoms with E-state index in [9.17, 15) is 26.3 Å². The lowest BCUT2D eigenvalue weighted by Gasteiger charge is -2.34. The van der Waals surface area contributed by atoms with E-state index in [1.807, 2.05) is 0 Å². The molecule has 0 amide bonds. The van der Waals surface area contributed by atoms with Crippen LogP contribution in [0.3, 0.4) is 0 Å². The maximum Gasteiger partial charge on any atom is 0.428 e. The van der Waals surface area contributed by atoms with E-state index in [0.717, 1.165) is 0 Å². The van der Waals surface area contributed by atoms with E-state index in [4.69, 9.17) is 10.2 Å². The van der Waals surface area contributed by atoms with Crippen molar-refractivity contribution in [2.24, 2.45) is 11.8 Å². The number of halogens is 6. The Bertz CT molecular complexity index is 266. The van der Waals surface area contributed by atoms with Gasteiger partial charge in [0.1, 0.15) is 0 Å². The average molecular weight is 252 g/mol. The highest BCUT2D eigenvalue weighted by molar-refractivity contribution is 5.12. The topological polar surface area (TPSA) is 40.5 Å². The Morgan fingerprint density at radius 1 is 1.00 bits per heavy atom. The molecule has 0 aromatic carbocycles. The van der Waals surface area contributed by atoms with Crippen LogP contribution in [0.1, 0.15) is 6.42 Å². The maximum atomic E-state index is 13.6. The predicted molar refractivity (Wildman–Crippen MR) is 40.6 cm³/mol. The van der Waals surface area contributed by atoms with Gasteiger partial charge in [-0.3, -0.25) is 0 Å². The van der Waals surface area contributed by atoms with E-state index in [-0.39, 0.29) is 0 Å². The van der Waals surface area contributed by atoms with Gasteiger partial charge in [-0.2, -0.15) is 13.2 Å². The summed E-state index contributed by atoms with van der Waals surface area (Å²) in [6.45, 7) is -2.60. The lowest BCUT2D eigenvalue weighted by molar-refractivity contribution is -0.312. The molecule has 2 N–H and O–H groups in total. The van der Waals surface area contributed by atoms with Crippen LogP contribution in [-0.4, -0.2) is 41.2 Å². The van der Waals surface area contributed by atoms with Crippen molar-refractivity contribution in [3.8, 4) is 0 Å². The standard InChI is InChI=1S/C8H10F6O2/c9-6(8(12,13)14)4(2-15)1-5(3-16)7(6,10)11/h4-5,15-16H,1-3H2/t4-,5+,6+/m1/s1. The normalized spacial score (nSPS) is 39.0. The van der Waals surface area contributed by atoms with E-state index in [2.05, 4.69) is 0 Å². The number of hydrogen-bond acceptors (Lipinski definition) is 2. The van der Waals surface area contributed by atoms with Gasteiger partial charge in [0.25, 0.3) is 11.6 Å². The Balaban J connectivity index is 3.22. The van der Waals surface area contributed by atoms with Crippen LogP contribution in [0.2, 0.25) is 0 Å². The van der Waals surface area contributed by atoms with Gasteiger partial charge in [0, 0.05) is 12.5 Å². The summed E-state index contributed by atoms with van der Waals surface area (Å²) in [4.78, 5) is 0. The molecule has 1 fully saturated rings. The molecule has 0 radical (unpaired) electrons. The Morgan fingerprint density at radius 3 is 1.69 bits per heavy atom.